The van der Waals surface area contributed by atoms with Crippen LogP contribution < -0.4 is 0 Å². The van der Waals surface area contributed by atoms with Crippen LogP contribution in [-0.4, -0.2) is 14.8 Å². The van der Waals surface area contributed by atoms with Crippen molar-refractivity contribution in [2.45, 2.75) is 19.6 Å². The Morgan fingerprint density at radius 1 is 1.00 bits per heavy atom. The number of nitrogens with zero attached hydrogens (tertiary/aromatic N) is 3. The van der Waals surface area contributed by atoms with Crippen LogP contribution in [-0.2, 0) is 12.7 Å². The van der Waals surface area contributed by atoms with Crippen molar-refractivity contribution in [1.29, 1.82) is 0 Å². The zero-order chi connectivity index (χ0) is 17.3. The molecule has 1 heterocycles. The molecule has 0 amide bonds. The summed E-state index contributed by atoms with van der Waals surface area (Å²) in [5.74, 6) is 0.467. The predicted molar refractivity (Wildman–Crippen MR) is 86.6 cm³/mol. The average Bonchev–Trinajstić information content (AvgIpc) is 2.98. The van der Waals surface area contributed by atoms with E-state index in [1.165, 1.54) is 18.2 Å². The molecule has 0 spiro atoms. The Morgan fingerprint density at radius 3 is 2.25 bits per heavy atom. The standard InChI is InChI=1S/C17H13ClF3N3/c1-2-24-16(12-8-4-6-10-14(12)18)22-15(23-24)11-7-3-5-9-13(11)17(19,20)21/h3-10H,2H2,1H3. The Balaban J connectivity index is 2.18. The molecule has 1 aromatic heterocycles. The number of aromatic nitrogens is 3. The topological polar surface area (TPSA) is 30.7 Å². The van der Waals surface area contributed by atoms with Gasteiger partial charge in [0.2, 0.25) is 0 Å². The second-order valence-corrected chi connectivity index (χ2v) is 5.51. The van der Waals surface area contributed by atoms with E-state index >= 15 is 0 Å². The molecular weight excluding hydrogens is 339 g/mol. The first kappa shape index (κ1) is 16.5. The number of rotatable bonds is 3. The van der Waals surface area contributed by atoms with E-state index in [1.54, 1.807) is 28.9 Å². The van der Waals surface area contributed by atoms with Gasteiger partial charge in [-0.25, -0.2) is 9.67 Å². The monoisotopic (exact) mass is 351 g/mol. The van der Waals surface area contributed by atoms with E-state index in [2.05, 4.69) is 10.1 Å². The van der Waals surface area contributed by atoms with E-state index in [1.807, 2.05) is 6.92 Å². The molecule has 2 aromatic carbocycles. The van der Waals surface area contributed by atoms with E-state index in [0.29, 0.717) is 23.0 Å². The van der Waals surface area contributed by atoms with Gasteiger partial charge in [-0.1, -0.05) is 41.9 Å². The summed E-state index contributed by atoms with van der Waals surface area (Å²) in [4.78, 5) is 4.32. The lowest BCUT2D eigenvalue weighted by Gasteiger charge is -2.09. The van der Waals surface area contributed by atoms with Gasteiger partial charge in [0.15, 0.2) is 11.6 Å². The predicted octanol–water partition coefficient (Wildman–Crippen LogP) is 5.30. The first-order valence-corrected chi connectivity index (χ1v) is 7.66. The van der Waals surface area contributed by atoms with Crippen molar-refractivity contribution >= 4 is 11.6 Å². The Bertz CT molecular complexity index is 872. The largest absolute Gasteiger partial charge is 0.417 e. The molecule has 0 aliphatic carbocycles. The van der Waals surface area contributed by atoms with Gasteiger partial charge in [-0.15, -0.1) is 0 Å². The SMILES string of the molecule is CCn1nc(-c2ccccc2C(F)(F)F)nc1-c1ccccc1Cl. The molecule has 3 aromatic rings. The first-order valence-electron chi connectivity index (χ1n) is 7.28. The van der Waals surface area contributed by atoms with Gasteiger partial charge in [-0.3, -0.25) is 0 Å². The highest BCUT2D eigenvalue weighted by Gasteiger charge is 2.34. The molecule has 0 saturated carbocycles. The van der Waals surface area contributed by atoms with E-state index in [4.69, 9.17) is 11.6 Å². The van der Waals surface area contributed by atoms with Crippen LogP contribution in [0.25, 0.3) is 22.8 Å². The van der Waals surface area contributed by atoms with Crippen LogP contribution in [0.3, 0.4) is 0 Å². The number of halogens is 4. The van der Waals surface area contributed by atoms with Crippen LogP contribution >= 0.6 is 11.6 Å². The summed E-state index contributed by atoms with van der Waals surface area (Å²) in [5.41, 5.74) is -0.182. The Hall–Kier alpha value is -2.34. The summed E-state index contributed by atoms with van der Waals surface area (Å²) < 4.78 is 41.2. The summed E-state index contributed by atoms with van der Waals surface area (Å²) in [6.45, 7) is 2.30. The first-order chi connectivity index (χ1) is 11.4. The van der Waals surface area contributed by atoms with Crippen molar-refractivity contribution in [2.24, 2.45) is 0 Å². The maximum absolute atomic E-state index is 13.2. The Kier molecular flexibility index (Phi) is 4.32. The minimum atomic E-state index is -4.47. The molecule has 0 saturated heterocycles. The second-order valence-electron chi connectivity index (χ2n) is 5.10. The molecule has 0 bridgehead atoms. The second kappa shape index (κ2) is 6.28. The summed E-state index contributed by atoms with van der Waals surface area (Å²) >= 11 is 6.19. The number of hydrogen-bond donors (Lipinski definition) is 0. The van der Waals surface area contributed by atoms with Gasteiger partial charge in [-0.05, 0) is 25.1 Å². The van der Waals surface area contributed by atoms with Crippen LogP contribution in [0.1, 0.15) is 12.5 Å². The molecule has 3 rings (SSSR count). The van der Waals surface area contributed by atoms with Crippen molar-refractivity contribution < 1.29 is 13.2 Å². The fourth-order valence-electron chi connectivity index (χ4n) is 2.44. The molecule has 7 heteroatoms. The number of benzene rings is 2. The van der Waals surface area contributed by atoms with E-state index in [-0.39, 0.29) is 11.4 Å². The summed E-state index contributed by atoms with van der Waals surface area (Å²) in [6, 6.07) is 12.3. The Morgan fingerprint density at radius 2 is 1.62 bits per heavy atom. The van der Waals surface area contributed by atoms with Gasteiger partial charge in [0.25, 0.3) is 0 Å². The molecule has 24 heavy (non-hydrogen) atoms. The fourth-order valence-corrected chi connectivity index (χ4v) is 2.66. The molecule has 0 radical (unpaired) electrons. The Labute approximate surface area is 141 Å². The third-order valence-corrected chi connectivity index (χ3v) is 3.89. The lowest BCUT2D eigenvalue weighted by atomic mass is 10.1. The van der Waals surface area contributed by atoms with Crippen molar-refractivity contribution in [3.8, 4) is 22.8 Å². The highest BCUT2D eigenvalue weighted by Crippen LogP contribution is 2.37. The number of alkyl halides is 3. The van der Waals surface area contributed by atoms with Gasteiger partial charge >= 0.3 is 6.18 Å². The van der Waals surface area contributed by atoms with Crippen LogP contribution in [0.4, 0.5) is 13.2 Å². The van der Waals surface area contributed by atoms with Crippen LogP contribution in [0, 0.1) is 0 Å². The lowest BCUT2D eigenvalue weighted by molar-refractivity contribution is -0.137. The summed E-state index contributed by atoms with van der Waals surface area (Å²) in [5, 5.41) is 4.71. The van der Waals surface area contributed by atoms with Gasteiger partial charge in [-0.2, -0.15) is 18.3 Å². The van der Waals surface area contributed by atoms with E-state index < -0.39 is 11.7 Å². The molecule has 0 aliphatic heterocycles. The van der Waals surface area contributed by atoms with Gasteiger partial charge in [0.05, 0.1) is 10.6 Å². The minimum Gasteiger partial charge on any atom is -0.245 e. The normalized spacial score (nSPS) is 11.7. The van der Waals surface area contributed by atoms with Gasteiger partial charge < -0.3 is 0 Å². The lowest BCUT2D eigenvalue weighted by Crippen LogP contribution is -2.07. The molecule has 124 valence electrons. The zero-order valence-corrected chi connectivity index (χ0v) is 13.4. The minimum absolute atomic E-state index is 0.0275. The van der Waals surface area contributed by atoms with Crippen LogP contribution in [0.5, 0.6) is 0 Å². The maximum atomic E-state index is 13.2. The van der Waals surface area contributed by atoms with Crippen molar-refractivity contribution in [3.63, 3.8) is 0 Å². The van der Waals surface area contributed by atoms with Crippen molar-refractivity contribution in [3.05, 3.63) is 59.1 Å². The molecule has 0 N–H and O–H groups in total. The quantitative estimate of drug-likeness (QED) is 0.640. The van der Waals surface area contributed by atoms with Gasteiger partial charge in [0, 0.05) is 17.7 Å². The van der Waals surface area contributed by atoms with Crippen molar-refractivity contribution in [1.82, 2.24) is 14.8 Å². The van der Waals surface area contributed by atoms with Crippen LogP contribution in [0.2, 0.25) is 5.02 Å². The summed E-state index contributed by atoms with van der Waals surface area (Å²) in [7, 11) is 0. The highest BCUT2D eigenvalue weighted by molar-refractivity contribution is 6.33. The molecule has 3 nitrogen and oxygen atoms in total. The maximum Gasteiger partial charge on any atom is 0.417 e. The smallest absolute Gasteiger partial charge is 0.245 e. The summed E-state index contributed by atoms with van der Waals surface area (Å²) in [6.07, 6.45) is -4.47. The number of hydrogen-bond acceptors (Lipinski definition) is 2. The molecule has 0 unspecified atom stereocenters. The van der Waals surface area contributed by atoms with Crippen LogP contribution in [0.15, 0.2) is 48.5 Å². The number of aryl methyl sites for hydroxylation is 1. The molecule has 0 fully saturated rings. The average molecular weight is 352 g/mol. The zero-order valence-electron chi connectivity index (χ0n) is 12.7. The van der Waals surface area contributed by atoms with E-state index in [0.717, 1.165) is 6.07 Å². The fraction of sp³-hybridized carbons (Fsp3) is 0.176. The van der Waals surface area contributed by atoms with Crippen molar-refractivity contribution in [2.75, 3.05) is 0 Å². The highest BCUT2D eigenvalue weighted by atomic mass is 35.5. The molecule has 0 aliphatic rings. The van der Waals surface area contributed by atoms with Gasteiger partial charge in [0.1, 0.15) is 0 Å². The third kappa shape index (κ3) is 3.01. The van der Waals surface area contributed by atoms with E-state index in [9.17, 15) is 13.2 Å². The molecule has 0 atom stereocenters. The third-order valence-electron chi connectivity index (χ3n) is 3.56. The molecular formula is C17H13ClF3N3.